The molecule has 1 aromatic carbocycles. The molecule has 3 heteroatoms. The Morgan fingerprint density at radius 3 is 2.69 bits per heavy atom. The zero-order chi connectivity index (χ0) is 9.59. The molecule has 68 valence electrons. The highest BCUT2D eigenvalue weighted by molar-refractivity contribution is 9.10. The number of fused-ring (bicyclic) bond motifs is 1. The summed E-state index contributed by atoms with van der Waals surface area (Å²) in [5, 5.41) is 1.11. The van der Waals surface area contributed by atoms with Crippen molar-refractivity contribution < 1.29 is 0 Å². The van der Waals surface area contributed by atoms with Crippen LogP contribution in [0.3, 0.4) is 0 Å². The molecule has 0 amide bonds. The third-order valence-corrected chi connectivity index (χ3v) is 3.45. The molecule has 1 aromatic heterocycles. The maximum atomic E-state index is 5.90. The highest BCUT2D eigenvalue weighted by Crippen LogP contribution is 2.33. The monoisotopic (exact) mass is 238 g/mol. The minimum atomic E-state index is 0.827. The summed E-state index contributed by atoms with van der Waals surface area (Å²) >= 11 is 3.55. The van der Waals surface area contributed by atoms with Crippen LogP contribution in [0.4, 0.5) is 5.69 Å². The van der Waals surface area contributed by atoms with E-state index in [2.05, 4.69) is 33.5 Å². The van der Waals surface area contributed by atoms with Gasteiger partial charge in [-0.15, -0.1) is 0 Å². The van der Waals surface area contributed by atoms with Crippen molar-refractivity contribution in [3.8, 4) is 0 Å². The average Bonchev–Trinajstić information content (AvgIpc) is 2.33. The van der Waals surface area contributed by atoms with Gasteiger partial charge in [-0.05, 0) is 35.0 Å². The summed E-state index contributed by atoms with van der Waals surface area (Å²) in [6.45, 7) is 2.07. The second kappa shape index (κ2) is 2.77. The van der Waals surface area contributed by atoms with E-state index in [1.165, 1.54) is 11.2 Å². The third kappa shape index (κ3) is 1.07. The van der Waals surface area contributed by atoms with Gasteiger partial charge in [-0.25, -0.2) is 0 Å². The summed E-state index contributed by atoms with van der Waals surface area (Å²) in [7, 11) is 2.04. The highest BCUT2D eigenvalue weighted by atomic mass is 79.9. The van der Waals surface area contributed by atoms with Gasteiger partial charge in [0.1, 0.15) is 0 Å². The van der Waals surface area contributed by atoms with Crippen molar-refractivity contribution in [2.24, 2.45) is 7.05 Å². The zero-order valence-electron chi connectivity index (χ0n) is 7.63. The number of hydrogen-bond donors (Lipinski definition) is 1. The largest absolute Gasteiger partial charge is 0.398 e. The van der Waals surface area contributed by atoms with E-state index in [-0.39, 0.29) is 0 Å². The number of aryl methyl sites for hydroxylation is 1. The topological polar surface area (TPSA) is 30.9 Å². The molecule has 0 saturated heterocycles. The summed E-state index contributed by atoms with van der Waals surface area (Å²) < 4.78 is 3.23. The molecule has 0 saturated carbocycles. The molecule has 2 rings (SSSR count). The van der Waals surface area contributed by atoms with Gasteiger partial charge in [0, 0.05) is 28.3 Å². The quantitative estimate of drug-likeness (QED) is 0.704. The first-order valence-corrected chi connectivity index (χ1v) is 4.91. The first kappa shape index (κ1) is 8.63. The van der Waals surface area contributed by atoms with Crippen LogP contribution < -0.4 is 5.73 Å². The summed E-state index contributed by atoms with van der Waals surface area (Å²) in [4.78, 5) is 0. The van der Waals surface area contributed by atoms with Gasteiger partial charge in [0.2, 0.25) is 0 Å². The molecule has 13 heavy (non-hydrogen) atoms. The van der Waals surface area contributed by atoms with E-state index in [1.54, 1.807) is 0 Å². The molecule has 2 aromatic rings. The lowest BCUT2D eigenvalue weighted by atomic mass is 10.2. The van der Waals surface area contributed by atoms with Crippen LogP contribution >= 0.6 is 15.9 Å². The molecule has 0 unspecified atom stereocenters. The highest BCUT2D eigenvalue weighted by Gasteiger charge is 2.10. The van der Waals surface area contributed by atoms with Crippen LogP contribution in [0.1, 0.15) is 5.69 Å². The van der Waals surface area contributed by atoms with Gasteiger partial charge in [0.25, 0.3) is 0 Å². The van der Waals surface area contributed by atoms with E-state index in [4.69, 9.17) is 5.73 Å². The van der Waals surface area contributed by atoms with E-state index in [0.29, 0.717) is 0 Å². The lowest BCUT2D eigenvalue weighted by Gasteiger charge is -1.98. The molecule has 0 radical (unpaired) electrons. The summed E-state index contributed by atoms with van der Waals surface area (Å²) in [6, 6.07) is 5.97. The van der Waals surface area contributed by atoms with Crippen LogP contribution in [-0.4, -0.2) is 4.57 Å². The van der Waals surface area contributed by atoms with Gasteiger partial charge in [-0.1, -0.05) is 6.07 Å². The number of aromatic nitrogens is 1. The van der Waals surface area contributed by atoms with Crippen LogP contribution in [0.2, 0.25) is 0 Å². The van der Waals surface area contributed by atoms with Gasteiger partial charge in [-0.2, -0.15) is 0 Å². The van der Waals surface area contributed by atoms with Crippen molar-refractivity contribution in [2.75, 3.05) is 5.73 Å². The normalized spacial score (nSPS) is 11.0. The molecule has 0 aliphatic carbocycles. The lowest BCUT2D eigenvalue weighted by Crippen LogP contribution is -1.89. The van der Waals surface area contributed by atoms with E-state index in [1.807, 2.05) is 19.2 Å². The zero-order valence-corrected chi connectivity index (χ0v) is 9.22. The predicted octanol–water partition coefficient (Wildman–Crippen LogP) is 2.83. The number of nitrogens with two attached hydrogens (primary N) is 1. The molecule has 0 aliphatic rings. The minimum absolute atomic E-state index is 0.827. The second-order valence-electron chi connectivity index (χ2n) is 3.20. The Morgan fingerprint density at radius 1 is 1.38 bits per heavy atom. The van der Waals surface area contributed by atoms with Crippen LogP contribution in [0.15, 0.2) is 22.7 Å². The first-order chi connectivity index (χ1) is 6.13. The number of hydrogen-bond acceptors (Lipinski definition) is 1. The van der Waals surface area contributed by atoms with Crippen LogP contribution in [0.5, 0.6) is 0 Å². The Labute approximate surface area is 85.5 Å². The third-order valence-electron chi connectivity index (χ3n) is 2.48. The standard InChI is InChI=1S/C10H11BrN2/c1-6-10(11)9-7(12)4-3-5-8(9)13(6)2/h3-5H,12H2,1-2H3. The van der Waals surface area contributed by atoms with Gasteiger partial charge in [0.15, 0.2) is 0 Å². The lowest BCUT2D eigenvalue weighted by molar-refractivity contribution is 0.914. The Kier molecular flexibility index (Phi) is 1.84. The number of nitrogen functional groups attached to an aromatic ring is 1. The molecule has 0 atom stereocenters. The van der Waals surface area contributed by atoms with E-state index in [9.17, 15) is 0 Å². The Bertz CT molecular complexity index is 471. The molecule has 2 N–H and O–H groups in total. The minimum Gasteiger partial charge on any atom is -0.398 e. The number of halogens is 1. The Balaban J connectivity index is 3.03. The van der Waals surface area contributed by atoms with E-state index in [0.717, 1.165) is 15.5 Å². The molecule has 0 aliphatic heterocycles. The van der Waals surface area contributed by atoms with Gasteiger partial charge in [0.05, 0.1) is 5.52 Å². The fourth-order valence-electron chi connectivity index (χ4n) is 1.58. The van der Waals surface area contributed by atoms with Crippen molar-refractivity contribution in [3.63, 3.8) is 0 Å². The number of anilines is 1. The van der Waals surface area contributed by atoms with Crippen LogP contribution in [0.25, 0.3) is 10.9 Å². The van der Waals surface area contributed by atoms with E-state index >= 15 is 0 Å². The van der Waals surface area contributed by atoms with Crippen molar-refractivity contribution in [3.05, 3.63) is 28.4 Å². The van der Waals surface area contributed by atoms with Gasteiger partial charge >= 0.3 is 0 Å². The first-order valence-electron chi connectivity index (χ1n) is 4.12. The maximum absolute atomic E-state index is 5.90. The fourth-order valence-corrected chi connectivity index (χ4v) is 2.28. The molecule has 0 bridgehead atoms. The summed E-state index contributed by atoms with van der Waals surface area (Å²) in [5.74, 6) is 0. The van der Waals surface area contributed by atoms with Gasteiger partial charge in [-0.3, -0.25) is 0 Å². The van der Waals surface area contributed by atoms with Crippen molar-refractivity contribution in [2.45, 2.75) is 6.92 Å². The SMILES string of the molecule is Cc1c(Br)c2c(N)cccc2n1C. The fraction of sp³-hybridized carbons (Fsp3) is 0.200. The molecule has 0 fully saturated rings. The number of nitrogens with zero attached hydrogens (tertiary/aromatic N) is 1. The van der Waals surface area contributed by atoms with Gasteiger partial charge < -0.3 is 10.3 Å². The number of benzene rings is 1. The maximum Gasteiger partial charge on any atom is 0.0512 e. The van der Waals surface area contributed by atoms with Crippen LogP contribution in [0, 0.1) is 6.92 Å². The van der Waals surface area contributed by atoms with Crippen molar-refractivity contribution in [1.82, 2.24) is 4.57 Å². The van der Waals surface area contributed by atoms with Crippen LogP contribution in [-0.2, 0) is 7.05 Å². The second-order valence-corrected chi connectivity index (χ2v) is 3.99. The van der Waals surface area contributed by atoms with E-state index < -0.39 is 0 Å². The predicted molar refractivity (Wildman–Crippen MR) is 59.8 cm³/mol. The summed E-state index contributed by atoms with van der Waals surface area (Å²) in [6.07, 6.45) is 0. The molecule has 1 heterocycles. The summed E-state index contributed by atoms with van der Waals surface area (Å²) in [5.41, 5.74) is 9.10. The Hall–Kier alpha value is -0.960. The van der Waals surface area contributed by atoms with Crippen molar-refractivity contribution >= 4 is 32.5 Å². The molecule has 0 spiro atoms. The molecular weight excluding hydrogens is 228 g/mol. The average molecular weight is 239 g/mol. The smallest absolute Gasteiger partial charge is 0.0512 e. The Morgan fingerprint density at radius 2 is 2.08 bits per heavy atom. The molecule has 2 nitrogen and oxygen atoms in total. The molecular formula is C10H11BrN2. The number of rotatable bonds is 0. The van der Waals surface area contributed by atoms with Crippen molar-refractivity contribution in [1.29, 1.82) is 0 Å².